The third-order valence-corrected chi connectivity index (χ3v) is 6.17. The molecular formula is C22H40N6S. The summed E-state index contributed by atoms with van der Waals surface area (Å²) in [5.41, 5.74) is 0. The van der Waals surface area contributed by atoms with Gasteiger partial charge in [0.25, 0.3) is 0 Å². The predicted octanol–water partition coefficient (Wildman–Crippen LogP) is 4.69. The van der Waals surface area contributed by atoms with Crippen LogP contribution in [0.5, 0.6) is 0 Å². The molecule has 1 aromatic heterocycles. The lowest BCUT2D eigenvalue weighted by molar-refractivity contribution is 0.453. The summed E-state index contributed by atoms with van der Waals surface area (Å²) in [5.74, 6) is 2.15. The molecule has 0 aromatic carbocycles. The molecule has 1 aromatic rings. The molecule has 7 heteroatoms. The van der Waals surface area contributed by atoms with E-state index in [4.69, 9.17) is 4.99 Å². The van der Waals surface area contributed by atoms with Crippen LogP contribution in [0.25, 0.3) is 0 Å². The molecule has 0 amide bonds. The number of allylic oxidation sites excluding steroid dienone is 1. The number of unbranched alkanes of at least 4 members (excludes halogenated alkanes) is 3. The van der Waals surface area contributed by atoms with E-state index in [1.807, 2.05) is 6.08 Å². The molecule has 1 saturated carbocycles. The topological polar surface area (TPSA) is 58.3 Å². The number of aromatic nitrogens is 3. The van der Waals surface area contributed by atoms with E-state index >= 15 is 0 Å². The van der Waals surface area contributed by atoms with Gasteiger partial charge in [-0.3, -0.25) is 4.99 Å². The number of guanidine groups is 1. The predicted molar refractivity (Wildman–Crippen MR) is 125 cm³/mol. The summed E-state index contributed by atoms with van der Waals surface area (Å²) in [6.07, 6.45) is 16.0. The minimum atomic E-state index is 0.593. The average molecular weight is 421 g/mol. The van der Waals surface area contributed by atoms with Crippen LogP contribution < -0.4 is 5.32 Å². The highest BCUT2D eigenvalue weighted by Gasteiger charge is 2.23. The van der Waals surface area contributed by atoms with E-state index in [0.717, 1.165) is 55.8 Å². The second-order valence-corrected chi connectivity index (χ2v) is 8.58. The van der Waals surface area contributed by atoms with Crippen molar-refractivity contribution in [3.8, 4) is 0 Å². The number of aryl methyl sites for hydroxylation is 1. The summed E-state index contributed by atoms with van der Waals surface area (Å²) in [5, 5.41) is 13.4. The van der Waals surface area contributed by atoms with Crippen LogP contribution in [0.1, 0.15) is 76.6 Å². The lowest BCUT2D eigenvalue weighted by atomic mass is 10.2. The number of hydrogen-bond donors (Lipinski definition) is 1. The quantitative estimate of drug-likeness (QED) is 0.165. The molecule has 2 rings (SSSR count). The summed E-state index contributed by atoms with van der Waals surface area (Å²) in [7, 11) is 2.14. The molecule has 6 nitrogen and oxygen atoms in total. The lowest BCUT2D eigenvalue weighted by Crippen LogP contribution is -2.39. The SMILES string of the molecule is C=CCCCCCN(C)C(=NCCCc1nnc(SC)n1C1CCCC1)NCC. The Balaban J connectivity index is 1.84. The molecule has 0 radical (unpaired) electrons. The van der Waals surface area contributed by atoms with Gasteiger partial charge in [0.2, 0.25) is 0 Å². The van der Waals surface area contributed by atoms with Crippen LogP contribution in [0.3, 0.4) is 0 Å². The molecule has 0 atom stereocenters. The molecule has 0 aliphatic heterocycles. The van der Waals surface area contributed by atoms with Gasteiger partial charge in [-0.2, -0.15) is 0 Å². The zero-order chi connectivity index (χ0) is 20.9. The number of rotatable bonds is 13. The maximum atomic E-state index is 4.85. The van der Waals surface area contributed by atoms with Gasteiger partial charge in [-0.25, -0.2) is 0 Å². The second kappa shape index (κ2) is 13.7. The molecule has 29 heavy (non-hydrogen) atoms. The van der Waals surface area contributed by atoms with Gasteiger partial charge in [0.15, 0.2) is 11.1 Å². The zero-order valence-corrected chi connectivity index (χ0v) is 19.5. The van der Waals surface area contributed by atoms with Crippen molar-refractivity contribution in [2.45, 2.75) is 82.3 Å². The number of nitrogens with zero attached hydrogens (tertiary/aromatic N) is 5. The van der Waals surface area contributed by atoms with Crippen LogP contribution in [0.15, 0.2) is 22.8 Å². The van der Waals surface area contributed by atoms with Crippen molar-refractivity contribution < 1.29 is 0 Å². The molecule has 1 fully saturated rings. The highest BCUT2D eigenvalue weighted by atomic mass is 32.2. The first-order valence-electron chi connectivity index (χ1n) is 11.3. The van der Waals surface area contributed by atoms with Crippen molar-refractivity contribution in [3.05, 3.63) is 18.5 Å². The summed E-state index contributed by atoms with van der Waals surface area (Å²) in [4.78, 5) is 7.10. The standard InChI is InChI=1S/C22H40N6S/c1-5-7-8-9-12-18-27(3)21(23-6-2)24-17-13-16-20-25-26-22(29-4)28(20)19-14-10-11-15-19/h5,19H,1,6-18H2,2-4H3,(H,23,24). The highest BCUT2D eigenvalue weighted by molar-refractivity contribution is 7.98. The largest absolute Gasteiger partial charge is 0.357 e. The maximum absolute atomic E-state index is 4.85. The molecule has 1 heterocycles. The Hall–Kier alpha value is -1.50. The van der Waals surface area contributed by atoms with Gasteiger partial charge in [-0.1, -0.05) is 37.1 Å². The first-order valence-corrected chi connectivity index (χ1v) is 12.5. The third kappa shape index (κ3) is 7.68. The molecule has 0 unspecified atom stereocenters. The minimum Gasteiger partial charge on any atom is -0.357 e. The Labute approximate surface area is 181 Å². The number of nitrogens with one attached hydrogen (secondary N) is 1. The van der Waals surface area contributed by atoms with Crippen molar-refractivity contribution in [1.82, 2.24) is 25.0 Å². The van der Waals surface area contributed by atoms with E-state index in [1.54, 1.807) is 11.8 Å². The third-order valence-electron chi connectivity index (χ3n) is 5.53. The van der Waals surface area contributed by atoms with E-state index < -0.39 is 0 Å². The van der Waals surface area contributed by atoms with E-state index in [9.17, 15) is 0 Å². The van der Waals surface area contributed by atoms with Crippen LogP contribution >= 0.6 is 11.8 Å². The fourth-order valence-electron chi connectivity index (χ4n) is 3.96. The Bertz CT molecular complexity index is 621. The molecule has 1 aliphatic rings. The van der Waals surface area contributed by atoms with Gasteiger partial charge in [-0.05, 0) is 51.7 Å². The van der Waals surface area contributed by atoms with Crippen molar-refractivity contribution in [1.29, 1.82) is 0 Å². The monoisotopic (exact) mass is 420 g/mol. The zero-order valence-electron chi connectivity index (χ0n) is 18.7. The lowest BCUT2D eigenvalue weighted by Gasteiger charge is -2.22. The van der Waals surface area contributed by atoms with Crippen molar-refractivity contribution >= 4 is 17.7 Å². The van der Waals surface area contributed by atoms with Gasteiger partial charge in [0.1, 0.15) is 5.82 Å². The number of hydrogen-bond acceptors (Lipinski definition) is 4. The van der Waals surface area contributed by atoms with E-state index in [0.29, 0.717) is 6.04 Å². The maximum Gasteiger partial charge on any atom is 0.193 e. The Kier molecular flexibility index (Phi) is 11.2. The second-order valence-electron chi connectivity index (χ2n) is 7.81. The smallest absolute Gasteiger partial charge is 0.193 e. The summed E-state index contributed by atoms with van der Waals surface area (Å²) in [6, 6.07) is 0.593. The number of thioether (sulfide) groups is 1. The van der Waals surface area contributed by atoms with Crippen LogP contribution in [-0.4, -0.2) is 58.6 Å². The Morgan fingerprint density at radius 1 is 1.28 bits per heavy atom. The molecule has 164 valence electrons. The van der Waals surface area contributed by atoms with Crippen LogP contribution in [-0.2, 0) is 6.42 Å². The van der Waals surface area contributed by atoms with Crippen molar-refractivity contribution in [3.63, 3.8) is 0 Å². The van der Waals surface area contributed by atoms with Crippen molar-refractivity contribution in [2.24, 2.45) is 4.99 Å². The first kappa shape index (κ1) is 23.8. The highest BCUT2D eigenvalue weighted by Crippen LogP contribution is 2.33. The summed E-state index contributed by atoms with van der Waals surface area (Å²) in [6.45, 7) is 8.67. The van der Waals surface area contributed by atoms with Crippen molar-refractivity contribution in [2.75, 3.05) is 32.9 Å². The molecule has 0 saturated heterocycles. The molecular weight excluding hydrogens is 380 g/mol. The molecule has 1 N–H and O–H groups in total. The summed E-state index contributed by atoms with van der Waals surface area (Å²) < 4.78 is 2.40. The summed E-state index contributed by atoms with van der Waals surface area (Å²) >= 11 is 1.71. The van der Waals surface area contributed by atoms with E-state index in [2.05, 4.69) is 51.8 Å². The number of aliphatic imine (C=N–C) groups is 1. The van der Waals surface area contributed by atoms with Gasteiger partial charge >= 0.3 is 0 Å². The Morgan fingerprint density at radius 2 is 2.07 bits per heavy atom. The fraction of sp³-hybridized carbons (Fsp3) is 0.773. The molecule has 0 spiro atoms. The minimum absolute atomic E-state index is 0.593. The van der Waals surface area contributed by atoms with Crippen LogP contribution in [0, 0.1) is 0 Å². The first-order chi connectivity index (χ1) is 14.2. The Morgan fingerprint density at radius 3 is 2.76 bits per heavy atom. The normalized spacial score (nSPS) is 15.1. The fourth-order valence-corrected chi connectivity index (χ4v) is 4.53. The van der Waals surface area contributed by atoms with E-state index in [1.165, 1.54) is 44.9 Å². The van der Waals surface area contributed by atoms with Gasteiger partial charge in [0, 0.05) is 39.1 Å². The average Bonchev–Trinajstić information content (AvgIpc) is 3.39. The van der Waals surface area contributed by atoms with Gasteiger partial charge in [0.05, 0.1) is 0 Å². The van der Waals surface area contributed by atoms with E-state index in [-0.39, 0.29) is 0 Å². The van der Waals surface area contributed by atoms with Gasteiger partial charge < -0.3 is 14.8 Å². The van der Waals surface area contributed by atoms with Crippen LogP contribution in [0.4, 0.5) is 0 Å². The van der Waals surface area contributed by atoms with Gasteiger partial charge in [-0.15, -0.1) is 16.8 Å². The molecule has 0 bridgehead atoms. The molecule has 1 aliphatic carbocycles. The van der Waals surface area contributed by atoms with Crippen LogP contribution in [0.2, 0.25) is 0 Å².